The smallest absolute Gasteiger partial charge is 0.381 e. The van der Waals surface area contributed by atoms with Crippen LogP contribution in [0.15, 0.2) is 18.2 Å². The monoisotopic (exact) mass is 287 g/mol. The van der Waals surface area contributed by atoms with E-state index in [1.165, 1.54) is 11.0 Å². The average molecular weight is 287 g/mol. The highest BCUT2D eigenvalue weighted by Gasteiger charge is 2.37. The molecule has 0 bridgehead atoms. The largest absolute Gasteiger partial charge is 0.416 e. The SMILES string of the molecule is CCOCCC(=O)N1CCc2c1cccc2C(F)(F)F. The molecule has 0 spiro atoms. The third kappa shape index (κ3) is 2.95. The first-order chi connectivity index (χ1) is 9.45. The zero-order chi connectivity index (χ0) is 14.8. The van der Waals surface area contributed by atoms with Crippen LogP contribution in [0, 0.1) is 0 Å². The van der Waals surface area contributed by atoms with E-state index in [2.05, 4.69) is 0 Å². The van der Waals surface area contributed by atoms with Crippen LogP contribution in [0.4, 0.5) is 18.9 Å². The van der Waals surface area contributed by atoms with Crippen molar-refractivity contribution in [1.29, 1.82) is 0 Å². The van der Waals surface area contributed by atoms with Crippen LogP contribution >= 0.6 is 0 Å². The van der Waals surface area contributed by atoms with Crippen LogP contribution in [0.3, 0.4) is 0 Å². The number of rotatable bonds is 4. The number of anilines is 1. The highest BCUT2D eigenvalue weighted by Crippen LogP contribution is 2.39. The molecular formula is C14H16F3NO2. The Labute approximate surface area is 115 Å². The number of alkyl halides is 3. The van der Waals surface area contributed by atoms with Gasteiger partial charge in [0.15, 0.2) is 0 Å². The summed E-state index contributed by atoms with van der Waals surface area (Å²) >= 11 is 0. The number of hydrogen-bond acceptors (Lipinski definition) is 2. The molecule has 1 aromatic rings. The molecular weight excluding hydrogens is 271 g/mol. The van der Waals surface area contributed by atoms with E-state index in [0.717, 1.165) is 6.07 Å². The normalized spacial score (nSPS) is 14.5. The Hall–Kier alpha value is -1.56. The summed E-state index contributed by atoms with van der Waals surface area (Å²) in [6.07, 6.45) is -3.95. The van der Waals surface area contributed by atoms with Gasteiger partial charge in [0, 0.05) is 18.8 Å². The number of hydrogen-bond donors (Lipinski definition) is 0. The highest BCUT2D eigenvalue weighted by atomic mass is 19.4. The summed E-state index contributed by atoms with van der Waals surface area (Å²) in [6, 6.07) is 3.97. The van der Waals surface area contributed by atoms with Crippen LogP contribution in [-0.2, 0) is 22.1 Å². The second-order valence-electron chi connectivity index (χ2n) is 4.54. The molecule has 1 amide bonds. The third-order valence-corrected chi connectivity index (χ3v) is 3.30. The van der Waals surface area contributed by atoms with Gasteiger partial charge in [-0.1, -0.05) is 6.07 Å². The van der Waals surface area contributed by atoms with Crippen molar-refractivity contribution in [1.82, 2.24) is 0 Å². The number of benzene rings is 1. The fraction of sp³-hybridized carbons (Fsp3) is 0.500. The summed E-state index contributed by atoms with van der Waals surface area (Å²) in [7, 11) is 0. The van der Waals surface area contributed by atoms with Crippen molar-refractivity contribution in [3.63, 3.8) is 0 Å². The van der Waals surface area contributed by atoms with E-state index in [4.69, 9.17) is 4.74 Å². The van der Waals surface area contributed by atoms with Gasteiger partial charge in [-0.3, -0.25) is 4.79 Å². The molecule has 0 fully saturated rings. The number of fused-ring (bicyclic) bond motifs is 1. The minimum absolute atomic E-state index is 0.184. The summed E-state index contributed by atoms with van der Waals surface area (Å²) in [6.45, 7) is 2.93. The van der Waals surface area contributed by atoms with Gasteiger partial charge >= 0.3 is 6.18 Å². The number of ether oxygens (including phenoxy) is 1. The fourth-order valence-corrected chi connectivity index (χ4v) is 2.40. The molecule has 0 aliphatic carbocycles. The second-order valence-corrected chi connectivity index (χ2v) is 4.54. The molecule has 0 N–H and O–H groups in total. The van der Waals surface area contributed by atoms with Crippen molar-refractivity contribution in [2.45, 2.75) is 25.9 Å². The lowest BCUT2D eigenvalue weighted by Gasteiger charge is -2.18. The van der Waals surface area contributed by atoms with Crippen molar-refractivity contribution in [2.75, 3.05) is 24.7 Å². The molecule has 0 atom stereocenters. The molecule has 1 aliphatic heterocycles. The molecule has 0 saturated carbocycles. The van der Waals surface area contributed by atoms with Crippen molar-refractivity contribution >= 4 is 11.6 Å². The first-order valence-corrected chi connectivity index (χ1v) is 6.52. The molecule has 2 rings (SSSR count). The molecule has 1 aromatic carbocycles. The van der Waals surface area contributed by atoms with Crippen molar-refractivity contribution in [3.8, 4) is 0 Å². The summed E-state index contributed by atoms with van der Waals surface area (Å²) < 4.78 is 43.8. The first kappa shape index (κ1) is 14.8. The molecule has 1 heterocycles. The molecule has 0 radical (unpaired) electrons. The van der Waals surface area contributed by atoms with E-state index in [1.807, 2.05) is 6.92 Å². The van der Waals surface area contributed by atoms with Gasteiger partial charge in [-0.25, -0.2) is 0 Å². The molecule has 110 valence electrons. The molecule has 20 heavy (non-hydrogen) atoms. The Kier molecular flexibility index (Phi) is 4.32. The van der Waals surface area contributed by atoms with E-state index < -0.39 is 11.7 Å². The standard InChI is InChI=1S/C14H16F3NO2/c1-2-20-9-7-13(19)18-8-6-10-11(14(15,16)17)4-3-5-12(10)18/h3-5H,2,6-9H2,1H3. The lowest BCUT2D eigenvalue weighted by Crippen LogP contribution is -2.29. The predicted molar refractivity (Wildman–Crippen MR) is 68.6 cm³/mol. The second kappa shape index (κ2) is 5.83. The number of halogens is 3. The number of amides is 1. The van der Waals surface area contributed by atoms with E-state index in [9.17, 15) is 18.0 Å². The van der Waals surface area contributed by atoms with Crippen LogP contribution < -0.4 is 4.90 Å². The number of nitrogens with zero attached hydrogens (tertiary/aromatic N) is 1. The summed E-state index contributed by atoms with van der Waals surface area (Å²) in [5.41, 5.74) is -0.0545. The summed E-state index contributed by atoms with van der Waals surface area (Å²) in [5, 5.41) is 0. The Morgan fingerprint density at radius 2 is 2.15 bits per heavy atom. The Morgan fingerprint density at radius 1 is 1.40 bits per heavy atom. The van der Waals surface area contributed by atoms with E-state index in [0.29, 0.717) is 25.4 Å². The average Bonchev–Trinajstić information content (AvgIpc) is 2.81. The zero-order valence-electron chi connectivity index (χ0n) is 11.2. The molecule has 0 unspecified atom stereocenters. The lowest BCUT2D eigenvalue weighted by atomic mass is 10.0. The van der Waals surface area contributed by atoms with E-state index in [-0.39, 0.29) is 24.3 Å². The maximum Gasteiger partial charge on any atom is 0.416 e. The minimum atomic E-state index is -4.38. The van der Waals surface area contributed by atoms with Gasteiger partial charge in [-0.05, 0) is 31.0 Å². The Morgan fingerprint density at radius 3 is 2.80 bits per heavy atom. The van der Waals surface area contributed by atoms with Gasteiger partial charge in [0.2, 0.25) is 5.91 Å². The molecule has 1 aliphatic rings. The topological polar surface area (TPSA) is 29.5 Å². The lowest BCUT2D eigenvalue weighted by molar-refractivity contribution is -0.138. The van der Waals surface area contributed by atoms with Crippen molar-refractivity contribution in [2.24, 2.45) is 0 Å². The van der Waals surface area contributed by atoms with E-state index in [1.54, 1.807) is 6.07 Å². The zero-order valence-corrected chi connectivity index (χ0v) is 11.2. The Balaban J connectivity index is 2.19. The third-order valence-electron chi connectivity index (χ3n) is 3.30. The maximum atomic E-state index is 12.9. The van der Waals surface area contributed by atoms with Gasteiger partial charge in [0.1, 0.15) is 0 Å². The van der Waals surface area contributed by atoms with Crippen LogP contribution in [-0.4, -0.2) is 25.7 Å². The quantitative estimate of drug-likeness (QED) is 0.797. The first-order valence-electron chi connectivity index (χ1n) is 6.52. The van der Waals surface area contributed by atoms with Crippen LogP contribution in [0.2, 0.25) is 0 Å². The summed E-state index contributed by atoms with van der Waals surface area (Å²) in [4.78, 5) is 13.4. The summed E-state index contributed by atoms with van der Waals surface area (Å²) in [5.74, 6) is -0.198. The van der Waals surface area contributed by atoms with Crippen molar-refractivity contribution in [3.05, 3.63) is 29.3 Å². The minimum Gasteiger partial charge on any atom is -0.381 e. The van der Waals surface area contributed by atoms with Crippen LogP contribution in [0.1, 0.15) is 24.5 Å². The Bertz CT molecular complexity index is 500. The van der Waals surface area contributed by atoms with Gasteiger partial charge in [0.05, 0.1) is 18.6 Å². The van der Waals surface area contributed by atoms with Gasteiger partial charge in [0.25, 0.3) is 0 Å². The van der Waals surface area contributed by atoms with Crippen LogP contribution in [0.5, 0.6) is 0 Å². The maximum absolute atomic E-state index is 12.9. The number of carbonyl (C=O) groups excluding carboxylic acids is 1. The molecule has 0 aromatic heterocycles. The number of carbonyl (C=O) groups is 1. The van der Waals surface area contributed by atoms with Gasteiger partial charge < -0.3 is 9.64 Å². The molecule has 6 heteroatoms. The molecule has 3 nitrogen and oxygen atoms in total. The van der Waals surface area contributed by atoms with Crippen molar-refractivity contribution < 1.29 is 22.7 Å². The van der Waals surface area contributed by atoms with Crippen LogP contribution in [0.25, 0.3) is 0 Å². The predicted octanol–water partition coefficient (Wildman–Crippen LogP) is 3.02. The van der Waals surface area contributed by atoms with E-state index >= 15 is 0 Å². The van der Waals surface area contributed by atoms with Gasteiger partial charge in [-0.2, -0.15) is 13.2 Å². The van der Waals surface area contributed by atoms with Gasteiger partial charge in [-0.15, -0.1) is 0 Å². The molecule has 0 saturated heterocycles. The fourth-order valence-electron chi connectivity index (χ4n) is 2.40. The highest BCUT2D eigenvalue weighted by molar-refractivity contribution is 5.95.